The maximum atomic E-state index is 12.4. The van der Waals surface area contributed by atoms with E-state index in [0.717, 1.165) is 4.90 Å². The number of para-hydroxylation sites is 2. The Kier molecular flexibility index (Phi) is 6.38. The first-order chi connectivity index (χ1) is 11.8. The van der Waals surface area contributed by atoms with Gasteiger partial charge in [-0.3, -0.25) is 9.59 Å². The molecule has 0 heterocycles. The van der Waals surface area contributed by atoms with Crippen LogP contribution >= 0.6 is 21.6 Å². The van der Waals surface area contributed by atoms with Crippen molar-refractivity contribution in [1.82, 2.24) is 0 Å². The molecule has 132 valence electrons. The Balaban J connectivity index is 2.14. The van der Waals surface area contributed by atoms with Crippen LogP contribution in [0, 0.1) is 0 Å². The topological polar surface area (TPSA) is 58.2 Å². The first kappa shape index (κ1) is 19.2. The summed E-state index contributed by atoms with van der Waals surface area (Å²) >= 11 is 0. The SMILES string of the molecule is CC(=O)Nc1ccccc1SSc1ccccc1NC(=O)C(F)(F)F. The second-order valence-corrected chi connectivity index (χ2v) is 7.01. The Morgan fingerprint density at radius 1 is 0.840 bits per heavy atom. The Morgan fingerprint density at radius 3 is 1.72 bits per heavy atom. The minimum absolute atomic E-state index is 0.0688. The van der Waals surface area contributed by atoms with Crippen molar-refractivity contribution in [3.8, 4) is 0 Å². The molecule has 2 amide bonds. The van der Waals surface area contributed by atoms with Crippen LogP contribution in [0.15, 0.2) is 58.3 Å². The van der Waals surface area contributed by atoms with E-state index in [1.165, 1.54) is 40.6 Å². The lowest BCUT2D eigenvalue weighted by atomic mass is 10.3. The lowest BCUT2D eigenvalue weighted by Crippen LogP contribution is -2.30. The van der Waals surface area contributed by atoms with Gasteiger partial charge >= 0.3 is 12.1 Å². The maximum absolute atomic E-state index is 12.4. The zero-order chi connectivity index (χ0) is 18.4. The summed E-state index contributed by atoms with van der Waals surface area (Å²) in [6.45, 7) is 1.39. The fraction of sp³-hybridized carbons (Fsp3) is 0.125. The fourth-order valence-electron chi connectivity index (χ4n) is 1.76. The third-order valence-corrected chi connectivity index (χ3v) is 5.29. The highest BCUT2D eigenvalue weighted by Gasteiger charge is 2.38. The standard InChI is InChI=1S/C16H13F3N2O2S2/c1-10(22)20-11-6-2-4-8-13(11)24-25-14-9-5-3-7-12(14)21-15(23)16(17,18)19/h2-9H,1H3,(H,20,22)(H,21,23). The van der Waals surface area contributed by atoms with Crippen LogP contribution in [-0.2, 0) is 9.59 Å². The van der Waals surface area contributed by atoms with Crippen LogP contribution in [0.4, 0.5) is 24.5 Å². The molecule has 0 bridgehead atoms. The largest absolute Gasteiger partial charge is 0.471 e. The van der Waals surface area contributed by atoms with Gasteiger partial charge in [0.2, 0.25) is 5.91 Å². The molecule has 0 aliphatic rings. The van der Waals surface area contributed by atoms with E-state index in [-0.39, 0.29) is 11.6 Å². The summed E-state index contributed by atoms with van der Waals surface area (Å²) in [6.07, 6.45) is -4.96. The number of amides is 2. The summed E-state index contributed by atoms with van der Waals surface area (Å²) in [4.78, 5) is 23.6. The molecule has 0 radical (unpaired) electrons. The van der Waals surface area contributed by atoms with Crippen LogP contribution in [0.1, 0.15) is 6.92 Å². The van der Waals surface area contributed by atoms with Crippen molar-refractivity contribution in [2.75, 3.05) is 10.6 Å². The number of hydrogen-bond acceptors (Lipinski definition) is 4. The van der Waals surface area contributed by atoms with Crippen LogP contribution in [-0.4, -0.2) is 18.0 Å². The summed E-state index contributed by atoms with van der Waals surface area (Å²) in [7, 11) is 2.44. The minimum Gasteiger partial charge on any atom is -0.325 e. The predicted octanol–water partition coefficient (Wildman–Crippen LogP) is 4.95. The first-order valence-electron chi connectivity index (χ1n) is 6.95. The Bertz CT molecular complexity index is 782. The van der Waals surface area contributed by atoms with Crippen LogP contribution in [0.25, 0.3) is 0 Å². The number of alkyl halides is 3. The van der Waals surface area contributed by atoms with Crippen molar-refractivity contribution in [3.05, 3.63) is 48.5 Å². The highest BCUT2D eigenvalue weighted by atomic mass is 33.1. The van der Waals surface area contributed by atoms with Crippen LogP contribution < -0.4 is 10.6 Å². The molecule has 0 aliphatic heterocycles. The molecule has 0 atom stereocenters. The van der Waals surface area contributed by atoms with Gasteiger partial charge in [-0.05, 0) is 24.3 Å². The molecular weight excluding hydrogens is 373 g/mol. The fourth-order valence-corrected chi connectivity index (χ4v) is 4.03. The van der Waals surface area contributed by atoms with E-state index in [9.17, 15) is 22.8 Å². The summed E-state index contributed by atoms with van der Waals surface area (Å²) in [5.74, 6) is -2.25. The second-order valence-electron chi connectivity index (χ2n) is 4.79. The molecule has 25 heavy (non-hydrogen) atoms. The Hall–Kier alpha value is -2.13. The summed E-state index contributed by atoms with van der Waals surface area (Å²) in [5.41, 5.74) is 0.670. The molecule has 4 nitrogen and oxygen atoms in total. The Morgan fingerprint density at radius 2 is 1.28 bits per heavy atom. The molecule has 2 aromatic rings. The van der Waals surface area contributed by atoms with Gasteiger partial charge in [-0.15, -0.1) is 0 Å². The molecule has 0 unspecified atom stereocenters. The van der Waals surface area contributed by atoms with Gasteiger partial charge in [-0.25, -0.2) is 0 Å². The summed E-state index contributed by atoms with van der Waals surface area (Å²) in [5, 5.41) is 4.55. The zero-order valence-electron chi connectivity index (χ0n) is 12.9. The molecule has 9 heteroatoms. The summed E-state index contributed by atoms with van der Waals surface area (Å²) in [6, 6.07) is 13.2. The molecule has 0 fully saturated rings. The van der Waals surface area contributed by atoms with Gasteiger partial charge in [-0.1, -0.05) is 45.9 Å². The van der Waals surface area contributed by atoms with E-state index in [1.807, 2.05) is 5.32 Å². The first-order valence-corrected chi connectivity index (χ1v) is 9.10. The molecule has 2 N–H and O–H groups in total. The molecule has 0 aliphatic carbocycles. The van der Waals surface area contributed by atoms with Crippen molar-refractivity contribution >= 4 is 44.8 Å². The van der Waals surface area contributed by atoms with E-state index in [1.54, 1.807) is 36.4 Å². The van der Waals surface area contributed by atoms with Gasteiger partial charge in [0, 0.05) is 16.7 Å². The third-order valence-electron chi connectivity index (χ3n) is 2.81. The second kappa shape index (κ2) is 8.30. The van der Waals surface area contributed by atoms with E-state index >= 15 is 0 Å². The van der Waals surface area contributed by atoms with Gasteiger partial charge in [-0.2, -0.15) is 13.2 Å². The van der Waals surface area contributed by atoms with Crippen molar-refractivity contribution in [1.29, 1.82) is 0 Å². The number of hydrogen-bond donors (Lipinski definition) is 2. The average molecular weight is 386 g/mol. The van der Waals surface area contributed by atoms with Crippen LogP contribution in [0.3, 0.4) is 0 Å². The monoisotopic (exact) mass is 386 g/mol. The van der Waals surface area contributed by atoms with Crippen molar-refractivity contribution in [2.24, 2.45) is 0 Å². The molecule has 0 aromatic heterocycles. The lowest BCUT2D eigenvalue weighted by Gasteiger charge is -2.13. The number of carbonyl (C=O) groups excluding carboxylic acids is 2. The highest BCUT2D eigenvalue weighted by Crippen LogP contribution is 2.43. The molecule has 0 spiro atoms. The lowest BCUT2D eigenvalue weighted by molar-refractivity contribution is -0.167. The van der Waals surface area contributed by atoms with Crippen LogP contribution in [0.2, 0.25) is 0 Å². The van der Waals surface area contributed by atoms with E-state index in [2.05, 4.69) is 5.32 Å². The normalized spacial score (nSPS) is 11.0. The van der Waals surface area contributed by atoms with Crippen LogP contribution in [0.5, 0.6) is 0 Å². The number of rotatable bonds is 5. The van der Waals surface area contributed by atoms with E-state index < -0.39 is 12.1 Å². The van der Waals surface area contributed by atoms with Gasteiger partial charge in [0.25, 0.3) is 0 Å². The molecule has 2 rings (SSSR count). The number of nitrogens with one attached hydrogen (secondary N) is 2. The number of anilines is 2. The van der Waals surface area contributed by atoms with Crippen molar-refractivity contribution in [2.45, 2.75) is 22.9 Å². The van der Waals surface area contributed by atoms with Gasteiger partial charge in [0.1, 0.15) is 0 Å². The molecule has 2 aromatic carbocycles. The highest BCUT2D eigenvalue weighted by molar-refractivity contribution is 8.76. The number of halogens is 3. The molecule has 0 saturated carbocycles. The Labute approximate surface area is 150 Å². The quantitative estimate of drug-likeness (QED) is 0.715. The van der Waals surface area contributed by atoms with Crippen molar-refractivity contribution < 1.29 is 22.8 Å². The zero-order valence-corrected chi connectivity index (χ0v) is 14.5. The summed E-state index contributed by atoms with van der Waals surface area (Å²) < 4.78 is 37.3. The van der Waals surface area contributed by atoms with E-state index in [0.29, 0.717) is 10.6 Å². The number of carbonyl (C=O) groups is 2. The minimum atomic E-state index is -4.96. The number of benzene rings is 2. The molecular formula is C16H13F3N2O2S2. The smallest absolute Gasteiger partial charge is 0.325 e. The maximum Gasteiger partial charge on any atom is 0.471 e. The van der Waals surface area contributed by atoms with Crippen molar-refractivity contribution in [3.63, 3.8) is 0 Å². The molecule has 0 saturated heterocycles. The third kappa shape index (κ3) is 5.71. The average Bonchev–Trinajstić information content (AvgIpc) is 2.54. The van der Waals surface area contributed by atoms with Gasteiger partial charge < -0.3 is 10.6 Å². The van der Waals surface area contributed by atoms with Gasteiger partial charge in [0.15, 0.2) is 0 Å². The van der Waals surface area contributed by atoms with Gasteiger partial charge in [0.05, 0.1) is 11.4 Å². The predicted molar refractivity (Wildman–Crippen MR) is 93.6 cm³/mol. The van der Waals surface area contributed by atoms with E-state index in [4.69, 9.17) is 0 Å².